The Morgan fingerprint density at radius 2 is 2.46 bits per heavy atom. The second-order valence-electron chi connectivity index (χ2n) is 2.11. The van der Waals surface area contributed by atoms with E-state index in [1.54, 1.807) is 0 Å². The third-order valence-corrected chi connectivity index (χ3v) is 1.40. The van der Waals surface area contributed by atoms with E-state index < -0.39 is 0 Å². The van der Waals surface area contributed by atoms with Crippen LogP contribution in [-0.4, -0.2) is 16.3 Å². The number of rotatable bonds is 1. The number of halogens is 1. The van der Waals surface area contributed by atoms with E-state index in [1.165, 1.54) is 6.20 Å². The zero-order valence-electron chi connectivity index (χ0n) is 6.62. The van der Waals surface area contributed by atoms with Gasteiger partial charge in [-0.15, -0.1) is 0 Å². The van der Waals surface area contributed by atoms with Gasteiger partial charge in [0.15, 0.2) is 10.8 Å². The van der Waals surface area contributed by atoms with Gasteiger partial charge in [-0.1, -0.05) is 17.5 Å². The Morgan fingerprint density at radius 3 is 3.08 bits per heavy atom. The second-order valence-corrected chi connectivity index (χ2v) is 2.46. The molecule has 66 valence electrons. The van der Waals surface area contributed by atoms with Crippen molar-refractivity contribution in [2.24, 2.45) is 0 Å². The average Bonchev–Trinajstić information content (AvgIpc) is 2.09. The smallest absolute Gasteiger partial charge is 0.165 e. The van der Waals surface area contributed by atoms with E-state index >= 15 is 0 Å². The van der Waals surface area contributed by atoms with E-state index in [4.69, 9.17) is 17.3 Å². The highest BCUT2D eigenvalue weighted by Crippen LogP contribution is 2.09. The molecular formula is C8H6ClN3O. The lowest BCUT2D eigenvalue weighted by Crippen LogP contribution is -1.94. The minimum absolute atomic E-state index is 0.151. The van der Waals surface area contributed by atoms with Crippen LogP contribution in [0.2, 0.25) is 5.15 Å². The average molecular weight is 196 g/mol. The van der Waals surface area contributed by atoms with Crippen LogP contribution in [0, 0.1) is 11.8 Å². The number of nitrogens with zero attached hydrogens (tertiary/aromatic N) is 2. The van der Waals surface area contributed by atoms with E-state index in [1.807, 2.05) is 0 Å². The summed E-state index contributed by atoms with van der Waals surface area (Å²) in [5.74, 6) is 5.41. The Hall–Kier alpha value is -1.60. The van der Waals surface area contributed by atoms with E-state index in [2.05, 4.69) is 21.8 Å². The van der Waals surface area contributed by atoms with E-state index in [9.17, 15) is 4.79 Å². The van der Waals surface area contributed by atoms with Gasteiger partial charge >= 0.3 is 0 Å². The van der Waals surface area contributed by atoms with E-state index in [0.717, 1.165) is 0 Å². The zero-order chi connectivity index (χ0) is 9.68. The van der Waals surface area contributed by atoms with Gasteiger partial charge in [-0.25, -0.2) is 9.97 Å². The molecule has 0 aliphatic carbocycles. The lowest BCUT2D eigenvalue weighted by molar-refractivity contribution is -0.107. The predicted octanol–water partition coefficient (Wildman–Crippen LogP) is 0.653. The number of hydrogen-bond acceptors (Lipinski definition) is 4. The van der Waals surface area contributed by atoms with Crippen molar-refractivity contribution < 1.29 is 4.79 Å². The van der Waals surface area contributed by atoms with Crippen LogP contribution in [0.25, 0.3) is 0 Å². The van der Waals surface area contributed by atoms with Crippen molar-refractivity contribution in [3.8, 4) is 11.8 Å². The molecule has 1 heterocycles. The third-order valence-electron chi connectivity index (χ3n) is 1.14. The third kappa shape index (κ3) is 2.73. The molecule has 0 spiro atoms. The van der Waals surface area contributed by atoms with Gasteiger partial charge in [0.25, 0.3) is 0 Å². The highest BCUT2D eigenvalue weighted by molar-refractivity contribution is 6.30. The van der Waals surface area contributed by atoms with E-state index in [0.29, 0.717) is 12.0 Å². The maximum absolute atomic E-state index is 9.94. The van der Waals surface area contributed by atoms with Crippen molar-refractivity contribution in [1.29, 1.82) is 0 Å². The largest absolute Gasteiger partial charge is 0.382 e. The van der Waals surface area contributed by atoms with Crippen molar-refractivity contribution >= 4 is 23.7 Å². The summed E-state index contributed by atoms with van der Waals surface area (Å²) in [6.45, 7) is 0. The molecule has 0 unspecified atom stereocenters. The normalized spacial score (nSPS) is 8.69. The molecule has 0 aromatic carbocycles. The lowest BCUT2D eigenvalue weighted by Gasteiger charge is -1.94. The maximum Gasteiger partial charge on any atom is 0.165 e. The van der Waals surface area contributed by atoms with Gasteiger partial charge in [0.1, 0.15) is 12.1 Å². The standard InChI is InChI=1S/C8H6ClN3O/c9-8-6(3-1-2-4-13)11-5-7(10)12-8/h4-5H,2H2,(H2,10,12). The van der Waals surface area contributed by atoms with Crippen molar-refractivity contribution in [3.05, 3.63) is 17.0 Å². The van der Waals surface area contributed by atoms with Crippen LogP contribution in [0.5, 0.6) is 0 Å². The number of nitrogens with two attached hydrogens (primary N) is 1. The zero-order valence-corrected chi connectivity index (χ0v) is 7.38. The second kappa shape index (κ2) is 4.43. The van der Waals surface area contributed by atoms with Gasteiger partial charge in [0.2, 0.25) is 0 Å². The van der Waals surface area contributed by atoms with Gasteiger partial charge in [0.05, 0.1) is 12.6 Å². The molecule has 2 N–H and O–H groups in total. The van der Waals surface area contributed by atoms with Crippen LogP contribution in [0.4, 0.5) is 5.82 Å². The van der Waals surface area contributed by atoms with Crippen molar-refractivity contribution in [2.45, 2.75) is 6.42 Å². The quantitative estimate of drug-likeness (QED) is 0.528. The Kier molecular flexibility index (Phi) is 3.23. The first-order valence-corrected chi connectivity index (χ1v) is 3.82. The number of carbonyl (C=O) groups excluding carboxylic acids is 1. The molecule has 1 rings (SSSR count). The fourth-order valence-corrected chi connectivity index (χ4v) is 0.833. The van der Waals surface area contributed by atoms with Crippen LogP contribution < -0.4 is 5.73 Å². The summed E-state index contributed by atoms with van der Waals surface area (Å²) in [6, 6.07) is 0. The van der Waals surface area contributed by atoms with Crippen LogP contribution in [0.1, 0.15) is 12.1 Å². The molecule has 1 aromatic rings. The molecular weight excluding hydrogens is 190 g/mol. The molecule has 1 aromatic heterocycles. The highest BCUT2D eigenvalue weighted by atomic mass is 35.5. The monoisotopic (exact) mass is 195 g/mol. The molecule has 0 radical (unpaired) electrons. The van der Waals surface area contributed by atoms with Gasteiger partial charge in [0, 0.05) is 0 Å². The number of anilines is 1. The van der Waals surface area contributed by atoms with Gasteiger partial charge in [-0.3, -0.25) is 0 Å². The van der Waals surface area contributed by atoms with Crippen molar-refractivity contribution in [3.63, 3.8) is 0 Å². The number of hydrogen-bond donors (Lipinski definition) is 1. The number of carbonyl (C=O) groups is 1. The molecule has 13 heavy (non-hydrogen) atoms. The van der Waals surface area contributed by atoms with Gasteiger partial charge in [-0.2, -0.15) is 0 Å². The summed E-state index contributed by atoms with van der Waals surface area (Å²) in [4.78, 5) is 17.5. The Labute approximate surface area is 80.1 Å². The Balaban J connectivity index is 2.91. The molecule has 5 heteroatoms. The fraction of sp³-hybridized carbons (Fsp3) is 0.125. The molecule has 0 atom stereocenters. The SMILES string of the molecule is Nc1cnc(C#CCC=O)c(Cl)n1. The summed E-state index contributed by atoms with van der Waals surface area (Å²) < 4.78 is 0. The summed E-state index contributed by atoms with van der Waals surface area (Å²) >= 11 is 5.66. The van der Waals surface area contributed by atoms with Gasteiger partial charge in [-0.05, 0) is 5.92 Å². The van der Waals surface area contributed by atoms with Crippen LogP contribution in [-0.2, 0) is 4.79 Å². The number of aromatic nitrogens is 2. The van der Waals surface area contributed by atoms with E-state index in [-0.39, 0.29) is 17.4 Å². The minimum atomic E-state index is 0.151. The molecule has 0 aliphatic heterocycles. The Bertz CT molecular complexity index is 381. The predicted molar refractivity (Wildman–Crippen MR) is 49.0 cm³/mol. The summed E-state index contributed by atoms with van der Waals surface area (Å²) in [7, 11) is 0. The summed E-state index contributed by atoms with van der Waals surface area (Å²) in [6.07, 6.45) is 2.21. The van der Waals surface area contributed by atoms with Gasteiger partial charge < -0.3 is 10.5 Å². The van der Waals surface area contributed by atoms with Crippen molar-refractivity contribution in [1.82, 2.24) is 9.97 Å². The number of nitrogen functional groups attached to an aromatic ring is 1. The molecule has 0 fully saturated rings. The minimum Gasteiger partial charge on any atom is -0.382 e. The summed E-state index contributed by atoms with van der Waals surface area (Å²) in [5, 5.41) is 0.151. The molecule has 0 saturated carbocycles. The first-order chi connectivity index (χ1) is 6.24. The van der Waals surface area contributed by atoms with Crippen LogP contribution >= 0.6 is 11.6 Å². The topological polar surface area (TPSA) is 68.9 Å². The molecule has 0 saturated heterocycles. The van der Waals surface area contributed by atoms with Crippen LogP contribution in [0.3, 0.4) is 0 Å². The lowest BCUT2D eigenvalue weighted by atomic mass is 10.4. The number of aldehydes is 1. The molecule has 0 bridgehead atoms. The molecule has 4 nitrogen and oxygen atoms in total. The molecule has 0 amide bonds. The highest BCUT2D eigenvalue weighted by Gasteiger charge is 1.99. The molecule has 0 aliphatic rings. The van der Waals surface area contributed by atoms with Crippen molar-refractivity contribution in [2.75, 3.05) is 5.73 Å². The first kappa shape index (κ1) is 9.49. The maximum atomic E-state index is 9.94. The summed E-state index contributed by atoms with van der Waals surface area (Å²) in [5.41, 5.74) is 5.65. The first-order valence-electron chi connectivity index (χ1n) is 3.44. The Morgan fingerprint density at radius 1 is 1.69 bits per heavy atom. The fourth-order valence-electron chi connectivity index (χ4n) is 0.639. The van der Waals surface area contributed by atoms with Crippen LogP contribution in [0.15, 0.2) is 6.20 Å².